The van der Waals surface area contributed by atoms with E-state index in [0.717, 1.165) is 40.7 Å². The summed E-state index contributed by atoms with van der Waals surface area (Å²) in [6.07, 6.45) is 9.62. The molecule has 36 heavy (non-hydrogen) atoms. The number of anilines is 1. The van der Waals surface area contributed by atoms with Crippen molar-refractivity contribution in [2.75, 3.05) is 5.32 Å². The molecule has 1 aliphatic heterocycles. The Balaban J connectivity index is 1.36. The normalized spacial score (nSPS) is 16.1. The maximum absolute atomic E-state index is 13.5. The van der Waals surface area contributed by atoms with Crippen molar-refractivity contribution in [2.45, 2.75) is 83.5 Å². The van der Waals surface area contributed by atoms with Crippen LogP contribution in [0.2, 0.25) is 0 Å². The number of fused-ring (bicyclic) bond motifs is 2. The molecule has 1 amide bonds. The summed E-state index contributed by atoms with van der Waals surface area (Å²) in [5, 5.41) is 3.32. The lowest BCUT2D eigenvalue weighted by Crippen LogP contribution is -2.22. The predicted molar refractivity (Wildman–Crippen MR) is 148 cm³/mol. The highest BCUT2D eigenvalue weighted by Crippen LogP contribution is 2.45. The summed E-state index contributed by atoms with van der Waals surface area (Å²) in [6.45, 7) is 6.64. The fourth-order valence-electron chi connectivity index (χ4n) is 5.97. The topological polar surface area (TPSA) is 38.3 Å². The Kier molecular flexibility index (Phi) is 7.18. The molecule has 3 aromatic carbocycles. The van der Waals surface area contributed by atoms with Gasteiger partial charge in [-0.15, -0.1) is 0 Å². The lowest BCUT2D eigenvalue weighted by atomic mass is 9.83. The zero-order valence-corrected chi connectivity index (χ0v) is 22.0. The number of benzene rings is 3. The number of aryl methyl sites for hydroxylation is 1. The molecular formula is C33H39NO2. The van der Waals surface area contributed by atoms with Crippen molar-refractivity contribution in [3.63, 3.8) is 0 Å². The van der Waals surface area contributed by atoms with Crippen molar-refractivity contribution < 1.29 is 9.53 Å². The zero-order chi connectivity index (χ0) is 25.1. The minimum Gasteiger partial charge on any atom is -0.457 e. The highest BCUT2D eigenvalue weighted by molar-refractivity contribution is 5.93. The molecule has 0 radical (unpaired) electrons. The Morgan fingerprint density at radius 1 is 0.889 bits per heavy atom. The number of para-hydroxylation sites is 2. The van der Waals surface area contributed by atoms with Crippen molar-refractivity contribution in [1.82, 2.24) is 0 Å². The molecule has 1 saturated carbocycles. The van der Waals surface area contributed by atoms with Gasteiger partial charge in [-0.3, -0.25) is 4.79 Å². The van der Waals surface area contributed by atoms with E-state index >= 15 is 0 Å². The summed E-state index contributed by atoms with van der Waals surface area (Å²) < 4.78 is 6.13. The number of carbonyl (C=O) groups is 1. The Morgan fingerprint density at radius 3 is 2.17 bits per heavy atom. The first-order valence-corrected chi connectivity index (χ1v) is 13.7. The number of rotatable bonds is 6. The maximum Gasteiger partial charge on any atom is 0.225 e. The fourth-order valence-corrected chi connectivity index (χ4v) is 5.97. The zero-order valence-electron chi connectivity index (χ0n) is 22.0. The molecule has 1 fully saturated rings. The van der Waals surface area contributed by atoms with Gasteiger partial charge in [-0.2, -0.15) is 0 Å². The summed E-state index contributed by atoms with van der Waals surface area (Å²) >= 11 is 0. The molecule has 3 aromatic rings. The molecule has 0 atom stereocenters. The molecule has 3 heteroatoms. The van der Waals surface area contributed by atoms with Gasteiger partial charge in [0.25, 0.3) is 0 Å². The van der Waals surface area contributed by atoms with Crippen LogP contribution in [0.25, 0.3) is 0 Å². The van der Waals surface area contributed by atoms with E-state index in [1.807, 2.05) is 36.4 Å². The molecule has 0 unspecified atom stereocenters. The minimum absolute atomic E-state index is 0.0290. The van der Waals surface area contributed by atoms with Crippen molar-refractivity contribution in [3.8, 4) is 11.5 Å². The predicted octanol–water partition coefficient (Wildman–Crippen LogP) is 8.76. The highest BCUT2D eigenvalue weighted by Gasteiger charge is 2.29. The van der Waals surface area contributed by atoms with Crippen LogP contribution in [0, 0.1) is 5.92 Å². The third-order valence-corrected chi connectivity index (χ3v) is 7.93. The second-order valence-electron chi connectivity index (χ2n) is 11.7. The first kappa shape index (κ1) is 24.6. The number of hydrogen-bond donors (Lipinski definition) is 1. The van der Waals surface area contributed by atoms with E-state index in [2.05, 4.69) is 56.4 Å². The molecule has 1 N–H and O–H groups in total. The maximum atomic E-state index is 13.5. The van der Waals surface area contributed by atoms with E-state index in [0.29, 0.717) is 6.42 Å². The van der Waals surface area contributed by atoms with Crippen molar-refractivity contribution >= 4 is 11.6 Å². The number of nitrogens with one attached hydrogen (secondary N) is 1. The Labute approximate surface area is 216 Å². The van der Waals surface area contributed by atoms with Gasteiger partial charge in [-0.1, -0.05) is 101 Å². The molecule has 0 bridgehead atoms. The first-order valence-electron chi connectivity index (χ1n) is 13.7. The summed E-state index contributed by atoms with van der Waals surface area (Å²) in [7, 11) is 0. The SMILES string of the molecule is CC(C)(C)c1ccc(CCC2CCCCC2)cc1NC(=O)CC1c2ccccc2Oc2ccccc21. The van der Waals surface area contributed by atoms with Gasteiger partial charge in [0.1, 0.15) is 11.5 Å². The summed E-state index contributed by atoms with van der Waals surface area (Å²) in [5.41, 5.74) is 5.56. The second-order valence-corrected chi connectivity index (χ2v) is 11.7. The third-order valence-electron chi connectivity index (χ3n) is 7.93. The molecule has 1 heterocycles. The largest absolute Gasteiger partial charge is 0.457 e. The Morgan fingerprint density at radius 2 is 1.53 bits per heavy atom. The molecular weight excluding hydrogens is 442 g/mol. The standard InChI is InChI=1S/C33H39NO2/c1-33(2,3)28-20-19-24(18-17-23-11-5-4-6-12-23)21-29(28)34-32(35)22-27-25-13-7-9-15-30(25)36-31-16-10-8-14-26(27)31/h7-10,13-16,19-21,23,27H,4-6,11-12,17-18,22H2,1-3H3,(H,34,35). The van der Waals surface area contributed by atoms with Gasteiger partial charge in [0.2, 0.25) is 5.91 Å². The van der Waals surface area contributed by atoms with E-state index in [1.54, 1.807) is 0 Å². The second kappa shape index (κ2) is 10.5. The van der Waals surface area contributed by atoms with Gasteiger partial charge in [0.05, 0.1) is 0 Å². The lowest BCUT2D eigenvalue weighted by molar-refractivity contribution is -0.116. The van der Waals surface area contributed by atoms with Crippen LogP contribution in [0.1, 0.15) is 93.9 Å². The van der Waals surface area contributed by atoms with Crippen molar-refractivity contribution in [2.24, 2.45) is 5.92 Å². The molecule has 188 valence electrons. The highest BCUT2D eigenvalue weighted by atomic mass is 16.5. The average molecular weight is 482 g/mol. The van der Waals surface area contributed by atoms with Gasteiger partial charge in [0.15, 0.2) is 0 Å². The van der Waals surface area contributed by atoms with E-state index in [1.165, 1.54) is 49.7 Å². The van der Waals surface area contributed by atoms with E-state index in [9.17, 15) is 4.79 Å². The van der Waals surface area contributed by atoms with Crippen LogP contribution in [-0.4, -0.2) is 5.91 Å². The molecule has 0 spiro atoms. The Bertz CT molecular complexity index is 1170. The summed E-state index contributed by atoms with van der Waals surface area (Å²) in [4.78, 5) is 13.5. The molecule has 0 aromatic heterocycles. The van der Waals surface area contributed by atoms with E-state index in [-0.39, 0.29) is 17.2 Å². The minimum atomic E-state index is -0.0532. The van der Waals surface area contributed by atoms with Crippen LogP contribution in [0.5, 0.6) is 11.5 Å². The molecule has 1 aliphatic carbocycles. The van der Waals surface area contributed by atoms with Crippen LogP contribution < -0.4 is 10.1 Å². The van der Waals surface area contributed by atoms with Crippen LogP contribution in [0.3, 0.4) is 0 Å². The molecule has 2 aliphatic rings. The van der Waals surface area contributed by atoms with E-state index in [4.69, 9.17) is 4.74 Å². The van der Waals surface area contributed by atoms with Crippen LogP contribution in [0.4, 0.5) is 5.69 Å². The number of hydrogen-bond acceptors (Lipinski definition) is 2. The number of carbonyl (C=O) groups excluding carboxylic acids is 1. The van der Waals surface area contributed by atoms with Gasteiger partial charge < -0.3 is 10.1 Å². The van der Waals surface area contributed by atoms with Crippen molar-refractivity contribution in [3.05, 3.63) is 89.0 Å². The smallest absolute Gasteiger partial charge is 0.225 e. The van der Waals surface area contributed by atoms with Crippen LogP contribution in [-0.2, 0) is 16.6 Å². The van der Waals surface area contributed by atoms with Gasteiger partial charge in [-0.05, 0) is 53.5 Å². The molecule has 0 saturated heterocycles. The first-order chi connectivity index (χ1) is 17.4. The van der Waals surface area contributed by atoms with Crippen LogP contribution in [0.15, 0.2) is 66.7 Å². The van der Waals surface area contributed by atoms with E-state index < -0.39 is 0 Å². The quantitative estimate of drug-likeness (QED) is 0.382. The molecule has 3 nitrogen and oxygen atoms in total. The summed E-state index contributed by atoms with van der Waals surface area (Å²) in [5.74, 6) is 2.55. The van der Waals surface area contributed by atoms with Crippen LogP contribution >= 0.6 is 0 Å². The molecule has 5 rings (SSSR count). The van der Waals surface area contributed by atoms with Gasteiger partial charge in [0, 0.05) is 29.2 Å². The fraction of sp³-hybridized carbons (Fsp3) is 0.424. The van der Waals surface area contributed by atoms with Gasteiger partial charge >= 0.3 is 0 Å². The third kappa shape index (κ3) is 5.51. The monoisotopic (exact) mass is 481 g/mol. The van der Waals surface area contributed by atoms with Crippen molar-refractivity contribution in [1.29, 1.82) is 0 Å². The Hall–Kier alpha value is -3.07. The average Bonchev–Trinajstić information content (AvgIpc) is 2.87. The van der Waals surface area contributed by atoms with Gasteiger partial charge in [-0.25, -0.2) is 0 Å². The summed E-state index contributed by atoms with van der Waals surface area (Å²) in [6, 6.07) is 22.9. The number of amides is 1. The number of ether oxygens (including phenoxy) is 1. The lowest BCUT2D eigenvalue weighted by Gasteiger charge is -2.28.